The van der Waals surface area contributed by atoms with Gasteiger partial charge in [0.25, 0.3) is 0 Å². The number of halogens is 2. The Hall–Kier alpha value is -2.75. The average Bonchev–Trinajstić information content (AvgIpc) is 2.72. The number of ether oxygens (including phenoxy) is 2. The van der Waals surface area contributed by atoms with Gasteiger partial charge in [-0.25, -0.2) is 4.79 Å². The second kappa shape index (κ2) is 9.45. The van der Waals surface area contributed by atoms with E-state index >= 15 is 0 Å². The van der Waals surface area contributed by atoms with Gasteiger partial charge in [0.05, 0.1) is 12.7 Å². The van der Waals surface area contributed by atoms with E-state index < -0.39 is 5.97 Å². The van der Waals surface area contributed by atoms with Crippen molar-refractivity contribution in [2.75, 3.05) is 7.11 Å². The minimum absolute atomic E-state index is 0.0466. The van der Waals surface area contributed by atoms with Gasteiger partial charge in [-0.05, 0) is 29.8 Å². The molecule has 0 heterocycles. The van der Waals surface area contributed by atoms with Crippen LogP contribution >= 0.6 is 23.2 Å². The van der Waals surface area contributed by atoms with Gasteiger partial charge in [0.1, 0.15) is 12.4 Å². The lowest BCUT2D eigenvalue weighted by atomic mass is 10.0. The van der Waals surface area contributed by atoms with Crippen LogP contribution in [-0.2, 0) is 16.1 Å². The molecule has 3 aromatic rings. The zero-order valence-electron chi connectivity index (χ0n) is 15.2. The van der Waals surface area contributed by atoms with Gasteiger partial charge in [0.15, 0.2) is 0 Å². The molecule has 0 spiro atoms. The summed E-state index contributed by atoms with van der Waals surface area (Å²) in [5, 5.41) is 0.983. The first-order chi connectivity index (χ1) is 13.6. The molecule has 3 rings (SSSR count). The average molecular weight is 413 g/mol. The monoisotopic (exact) mass is 412 g/mol. The van der Waals surface area contributed by atoms with Crippen LogP contribution in [0.4, 0.5) is 0 Å². The van der Waals surface area contributed by atoms with Gasteiger partial charge < -0.3 is 9.47 Å². The van der Waals surface area contributed by atoms with Crippen molar-refractivity contribution in [2.24, 2.45) is 0 Å². The Bertz CT molecular complexity index is 998. The van der Waals surface area contributed by atoms with Crippen LogP contribution in [0.5, 0.6) is 5.75 Å². The first-order valence-corrected chi connectivity index (χ1v) is 9.35. The fourth-order valence-electron chi connectivity index (χ4n) is 2.68. The maximum atomic E-state index is 12.9. The van der Waals surface area contributed by atoms with Gasteiger partial charge in [-0.1, -0.05) is 77.8 Å². The molecule has 28 heavy (non-hydrogen) atoms. The summed E-state index contributed by atoms with van der Waals surface area (Å²) in [6.45, 7) is 0.0466. The normalized spacial score (nSPS) is 11.2. The Kier molecular flexibility index (Phi) is 6.75. The molecule has 0 unspecified atom stereocenters. The number of carbonyl (C=O) groups is 1. The zero-order chi connectivity index (χ0) is 19.9. The Morgan fingerprint density at radius 2 is 1.68 bits per heavy atom. The van der Waals surface area contributed by atoms with Crippen LogP contribution < -0.4 is 4.74 Å². The molecule has 5 heteroatoms. The number of benzene rings is 3. The van der Waals surface area contributed by atoms with Crippen molar-refractivity contribution in [3.63, 3.8) is 0 Å². The number of hydrogen-bond acceptors (Lipinski definition) is 3. The molecule has 0 saturated carbocycles. The van der Waals surface area contributed by atoms with Gasteiger partial charge in [-0.3, -0.25) is 0 Å². The summed E-state index contributed by atoms with van der Waals surface area (Å²) in [6.07, 6.45) is 1.76. The van der Waals surface area contributed by atoms with Crippen molar-refractivity contribution >= 4 is 40.8 Å². The SMILES string of the molecule is COc1ccccc1/C=C(/C(=O)OCc1ccc(Cl)cc1Cl)c1ccccc1. The summed E-state index contributed by atoms with van der Waals surface area (Å²) in [7, 11) is 1.59. The largest absolute Gasteiger partial charge is 0.496 e. The van der Waals surface area contributed by atoms with Crippen molar-refractivity contribution in [3.8, 4) is 5.75 Å². The van der Waals surface area contributed by atoms with E-state index in [0.717, 1.165) is 11.1 Å². The van der Waals surface area contributed by atoms with Crippen molar-refractivity contribution in [1.82, 2.24) is 0 Å². The summed E-state index contributed by atoms with van der Waals surface area (Å²) in [5.74, 6) is 0.215. The minimum Gasteiger partial charge on any atom is -0.496 e. The number of carbonyl (C=O) groups excluding carboxylic acids is 1. The molecule has 142 valence electrons. The summed E-state index contributed by atoms with van der Waals surface area (Å²) in [5.41, 5.74) is 2.64. The number of methoxy groups -OCH3 is 1. The van der Waals surface area contributed by atoms with Crippen LogP contribution in [0.2, 0.25) is 10.0 Å². The van der Waals surface area contributed by atoms with E-state index in [4.69, 9.17) is 32.7 Å². The third kappa shape index (κ3) is 4.94. The fourth-order valence-corrected chi connectivity index (χ4v) is 3.14. The van der Waals surface area contributed by atoms with E-state index in [1.807, 2.05) is 54.6 Å². The standard InChI is InChI=1S/C23H18Cl2O3/c1-27-22-10-6-5-9-17(22)13-20(16-7-3-2-4-8-16)23(26)28-15-18-11-12-19(24)14-21(18)25/h2-14H,15H2,1H3/b20-13+. The van der Waals surface area contributed by atoms with Gasteiger partial charge >= 0.3 is 5.97 Å². The Balaban J connectivity index is 1.91. The quantitative estimate of drug-likeness (QED) is 0.271. The lowest BCUT2D eigenvalue weighted by Gasteiger charge is -2.11. The van der Waals surface area contributed by atoms with Crippen LogP contribution in [0, 0.1) is 0 Å². The molecule has 0 fully saturated rings. The lowest BCUT2D eigenvalue weighted by molar-refractivity contribution is -0.137. The summed E-state index contributed by atoms with van der Waals surface area (Å²) >= 11 is 12.1. The molecule has 0 aliphatic heterocycles. The second-order valence-corrected chi connectivity index (χ2v) is 6.82. The zero-order valence-corrected chi connectivity index (χ0v) is 16.7. The molecule has 3 nitrogen and oxygen atoms in total. The molecular weight excluding hydrogens is 395 g/mol. The molecule has 0 radical (unpaired) electrons. The molecule has 0 aliphatic rings. The molecule has 0 N–H and O–H groups in total. The fraction of sp³-hybridized carbons (Fsp3) is 0.0870. The van der Waals surface area contributed by atoms with Gasteiger partial charge in [-0.2, -0.15) is 0 Å². The molecular formula is C23H18Cl2O3. The molecule has 0 aliphatic carbocycles. The first kappa shape index (κ1) is 20.0. The second-order valence-electron chi connectivity index (χ2n) is 5.98. The van der Waals surface area contributed by atoms with Gasteiger partial charge in [0.2, 0.25) is 0 Å². The molecule has 3 aromatic carbocycles. The summed E-state index contributed by atoms with van der Waals surface area (Å²) < 4.78 is 10.9. The smallest absolute Gasteiger partial charge is 0.339 e. The van der Waals surface area contributed by atoms with Crippen LogP contribution in [-0.4, -0.2) is 13.1 Å². The Morgan fingerprint density at radius 1 is 0.964 bits per heavy atom. The maximum absolute atomic E-state index is 12.9. The van der Waals surface area contributed by atoms with E-state index in [2.05, 4.69) is 0 Å². The van der Waals surface area contributed by atoms with Gasteiger partial charge in [0, 0.05) is 21.2 Å². The molecule has 0 aromatic heterocycles. The van der Waals surface area contributed by atoms with Crippen LogP contribution in [0.1, 0.15) is 16.7 Å². The maximum Gasteiger partial charge on any atom is 0.339 e. The number of esters is 1. The predicted octanol–water partition coefficient (Wildman–Crippen LogP) is 6.29. The van der Waals surface area contributed by atoms with Crippen LogP contribution in [0.25, 0.3) is 11.6 Å². The van der Waals surface area contributed by atoms with E-state index in [0.29, 0.717) is 26.9 Å². The first-order valence-electron chi connectivity index (χ1n) is 8.59. The topological polar surface area (TPSA) is 35.5 Å². The van der Waals surface area contributed by atoms with Crippen LogP contribution in [0.3, 0.4) is 0 Å². The lowest BCUT2D eigenvalue weighted by Crippen LogP contribution is -2.08. The third-order valence-electron chi connectivity index (χ3n) is 4.12. The van der Waals surface area contributed by atoms with Crippen LogP contribution in [0.15, 0.2) is 72.8 Å². The van der Waals surface area contributed by atoms with Crippen molar-refractivity contribution in [3.05, 3.63) is 99.5 Å². The Labute approximate surface area is 174 Å². The third-order valence-corrected chi connectivity index (χ3v) is 4.70. The number of rotatable bonds is 6. The number of para-hydroxylation sites is 1. The number of hydrogen-bond donors (Lipinski definition) is 0. The summed E-state index contributed by atoms with van der Waals surface area (Å²) in [6, 6.07) is 21.9. The summed E-state index contributed by atoms with van der Waals surface area (Å²) in [4.78, 5) is 12.9. The Morgan fingerprint density at radius 3 is 2.39 bits per heavy atom. The minimum atomic E-state index is -0.455. The van der Waals surface area contributed by atoms with Gasteiger partial charge in [-0.15, -0.1) is 0 Å². The highest BCUT2D eigenvalue weighted by Crippen LogP contribution is 2.27. The van der Waals surface area contributed by atoms with E-state index in [1.54, 1.807) is 31.4 Å². The highest BCUT2D eigenvalue weighted by molar-refractivity contribution is 6.35. The van der Waals surface area contributed by atoms with Crippen molar-refractivity contribution in [1.29, 1.82) is 0 Å². The van der Waals surface area contributed by atoms with E-state index in [9.17, 15) is 4.79 Å². The highest BCUT2D eigenvalue weighted by atomic mass is 35.5. The molecule has 0 saturated heterocycles. The predicted molar refractivity (Wildman–Crippen MR) is 114 cm³/mol. The molecule has 0 bridgehead atoms. The van der Waals surface area contributed by atoms with E-state index in [-0.39, 0.29) is 6.61 Å². The molecule has 0 atom stereocenters. The van der Waals surface area contributed by atoms with Crippen molar-refractivity contribution in [2.45, 2.75) is 6.61 Å². The highest BCUT2D eigenvalue weighted by Gasteiger charge is 2.16. The van der Waals surface area contributed by atoms with E-state index in [1.165, 1.54) is 0 Å². The van der Waals surface area contributed by atoms with Crippen molar-refractivity contribution < 1.29 is 14.3 Å². The molecule has 0 amide bonds.